The Hall–Kier alpha value is -3.17. The van der Waals surface area contributed by atoms with Crippen LogP contribution in [0.1, 0.15) is 18.4 Å². The summed E-state index contributed by atoms with van der Waals surface area (Å²) in [5.74, 6) is -1.26. The van der Waals surface area contributed by atoms with Crippen molar-refractivity contribution >= 4 is 32.7 Å². The molecule has 2 amide bonds. The number of sulfonamides is 1. The highest BCUT2D eigenvalue weighted by Crippen LogP contribution is 2.23. The van der Waals surface area contributed by atoms with E-state index in [1.54, 1.807) is 36.5 Å². The zero-order valence-corrected chi connectivity index (χ0v) is 17.7. The lowest BCUT2D eigenvalue weighted by molar-refractivity contribution is -0.131. The van der Waals surface area contributed by atoms with Crippen LogP contribution in [-0.2, 0) is 26.0 Å². The maximum atomic E-state index is 12.8. The van der Waals surface area contributed by atoms with Crippen molar-refractivity contribution in [3.8, 4) is 0 Å². The monoisotopic (exact) mass is 440 g/mol. The van der Waals surface area contributed by atoms with E-state index >= 15 is 0 Å². The van der Waals surface area contributed by atoms with Crippen molar-refractivity contribution in [3.63, 3.8) is 0 Å². The maximum absolute atomic E-state index is 12.8. The number of benzene rings is 2. The normalized spacial score (nSPS) is 17.4. The van der Waals surface area contributed by atoms with Crippen LogP contribution in [0, 0.1) is 5.92 Å². The van der Waals surface area contributed by atoms with Crippen molar-refractivity contribution < 1.29 is 18.0 Å². The third-order valence-electron chi connectivity index (χ3n) is 5.49. The SMILES string of the molecule is O=C(Cc1c[nH]c2ccccc12)NNC(=O)C1CCCN(S(=O)(=O)c2ccccc2)C1. The highest BCUT2D eigenvalue weighted by molar-refractivity contribution is 7.89. The smallest absolute Gasteiger partial charge is 0.243 e. The van der Waals surface area contributed by atoms with Gasteiger partial charge in [-0.1, -0.05) is 36.4 Å². The second-order valence-corrected chi connectivity index (χ2v) is 9.53. The van der Waals surface area contributed by atoms with E-state index in [1.165, 1.54) is 4.31 Å². The fourth-order valence-corrected chi connectivity index (χ4v) is 5.39. The summed E-state index contributed by atoms with van der Waals surface area (Å²) < 4.78 is 27.0. The second kappa shape index (κ2) is 8.91. The quantitative estimate of drug-likeness (QED) is 0.527. The van der Waals surface area contributed by atoms with E-state index in [2.05, 4.69) is 15.8 Å². The Morgan fingerprint density at radius 3 is 2.58 bits per heavy atom. The number of carbonyl (C=O) groups is 2. The van der Waals surface area contributed by atoms with E-state index in [-0.39, 0.29) is 29.7 Å². The average Bonchev–Trinajstić information content (AvgIpc) is 3.21. The lowest BCUT2D eigenvalue weighted by atomic mass is 9.99. The third kappa shape index (κ3) is 4.62. The molecule has 1 unspecified atom stereocenters. The number of hydrogen-bond acceptors (Lipinski definition) is 4. The van der Waals surface area contributed by atoms with Crippen LogP contribution in [0.15, 0.2) is 65.7 Å². The van der Waals surface area contributed by atoms with Crippen molar-refractivity contribution in [2.75, 3.05) is 13.1 Å². The Bertz CT molecular complexity index is 1190. The number of hydrazine groups is 1. The van der Waals surface area contributed by atoms with E-state index in [0.717, 1.165) is 16.5 Å². The molecular weight excluding hydrogens is 416 g/mol. The molecule has 0 saturated carbocycles. The van der Waals surface area contributed by atoms with Gasteiger partial charge in [0.1, 0.15) is 0 Å². The fourth-order valence-electron chi connectivity index (χ4n) is 3.84. The molecule has 4 rings (SSSR count). The molecule has 1 aliphatic heterocycles. The minimum atomic E-state index is -3.65. The van der Waals surface area contributed by atoms with Gasteiger partial charge < -0.3 is 4.98 Å². The molecule has 8 nitrogen and oxygen atoms in total. The summed E-state index contributed by atoms with van der Waals surface area (Å²) in [6.45, 7) is 0.454. The molecule has 3 aromatic rings. The van der Waals surface area contributed by atoms with Crippen LogP contribution >= 0.6 is 0 Å². The molecule has 9 heteroatoms. The standard InChI is InChI=1S/C22H24N4O4S/c27-21(13-17-14-23-20-11-5-4-10-19(17)20)24-25-22(28)16-7-6-12-26(15-16)31(29,30)18-8-2-1-3-9-18/h1-5,8-11,14,16,23H,6-7,12-13,15H2,(H,24,27)(H,25,28). The molecule has 31 heavy (non-hydrogen) atoms. The molecule has 1 saturated heterocycles. The lowest BCUT2D eigenvalue weighted by Gasteiger charge is -2.31. The zero-order valence-electron chi connectivity index (χ0n) is 16.9. The van der Waals surface area contributed by atoms with E-state index < -0.39 is 15.9 Å². The number of para-hydroxylation sites is 1. The molecule has 2 aromatic carbocycles. The first-order chi connectivity index (χ1) is 14.9. The van der Waals surface area contributed by atoms with Crippen molar-refractivity contribution in [2.24, 2.45) is 5.92 Å². The van der Waals surface area contributed by atoms with Crippen LogP contribution < -0.4 is 10.9 Å². The number of hydrogen-bond donors (Lipinski definition) is 3. The summed E-state index contributed by atoms with van der Waals surface area (Å²) in [7, 11) is -3.65. The van der Waals surface area contributed by atoms with Gasteiger partial charge in [-0.15, -0.1) is 0 Å². The number of fused-ring (bicyclic) bond motifs is 1. The topological polar surface area (TPSA) is 111 Å². The van der Waals surface area contributed by atoms with E-state index in [0.29, 0.717) is 19.4 Å². The molecule has 1 atom stereocenters. The van der Waals surface area contributed by atoms with Gasteiger partial charge in [-0.3, -0.25) is 20.4 Å². The number of aromatic amines is 1. The van der Waals surface area contributed by atoms with Crippen molar-refractivity contribution in [3.05, 3.63) is 66.4 Å². The van der Waals surface area contributed by atoms with Crippen molar-refractivity contribution in [2.45, 2.75) is 24.2 Å². The van der Waals surface area contributed by atoms with Gasteiger partial charge in [-0.25, -0.2) is 8.42 Å². The first-order valence-corrected chi connectivity index (χ1v) is 11.6. The van der Waals surface area contributed by atoms with Crippen molar-refractivity contribution in [1.29, 1.82) is 0 Å². The summed E-state index contributed by atoms with van der Waals surface area (Å²) in [5, 5.41) is 0.956. The predicted molar refractivity (Wildman–Crippen MR) is 116 cm³/mol. The summed E-state index contributed by atoms with van der Waals surface area (Å²) in [6.07, 6.45) is 3.03. The first-order valence-electron chi connectivity index (χ1n) is 10.1. The van der Waals surface area contributed by atoms with Crippen molar-refractivity contribution in [1.82, 2.24) is 20.1 Å². The molecule has 0 bridgehead atoms. The van der Waals surface area contributed by atoms with Gasteiger partial charge in [0.05, 0.1) is 17.2 Å². The number of amides is 2. The minimum Gasteiger partial charge on any atom is -0.361 e. The summed E-state index contributed by atoms with van der Waals surface area (Å²) in [5.41, 5.74) is 6.68. The second-order valence-electron chi connectivity index (χ2n) is 7.59. The van der Waals surface area contributed by atoms with Gasteiger partial charge in [-0.05, 0) is 36.6 Å². The van der Waals surface area contributed by atoms with E-state index in [9.17, 15) is 18.0 Å². The van der Waals surface area contributed by atoms with Crippen LogP contribution in [0.4, 0.5) is 0 Å². The molecule has 162 valence electrons. The van der Waals surface area contributed by atoms with Gasteiger partial charge in [0.25, 0.3) is 0 Å². The van der Waals surface area contributed by atoms with Crippen LogP contribution in [0.25, 0.3) is 10.9 Å². The molecule has 2 heterocycles. The summed E-state index contributed by atoms with van der Waals surface area (Å²) >= 11 is 0. The highest BCUT2D eigenvalue weighted by atomic mass is 32.2. The van der Waals surface area contributed by atoms with Gasteiger partial charge in [0.2, 0.25) is 21.8 Å². The number of aromatic nitrogens is 1. The molecule has 0 spiro atoms. The highest BCUT2D eigenvalue weighted by Gasteiger charge is 2.33. The van der Waals surface area contributed by atoms with Crippen LogP contribution in [0.5, 0.6) is 0 Å². The zero-order chi connectivity index (χ0) is 21.8. The molecule has 1 aromatic heterocycles. The third-order valence-corrected chi connectivity index (χ3v) is 7.37. The number of rotatable bonds is 5. The van der Waals surface area contributed by atoms with Crippen LogP contribution in [0.3, 0.4) is 0 Å². The summed E-state index contributed by atoms with van der Waals surface area (Å²) in [6, 6.07) is 15.9. The molecule has 0 aliphatic carbocycles. The number of nitrogens with one attached hydrogen (secondary N) is 3. The number of piperidine rings is 1. The number of H-pyrrole nitrogens is 1. The van der Waals surface area contributed by atoms with Gasteiger partial charge in [0, 0.05) is 30.2 Å². The number of carbonyl (C=O) groups excluding carboxylic acids is 2. The molecule has 3 N–H and O–H groups in total. The molecule has 0 radical (unpaired) electrons. The Morgan fingerprint density at radius 1 is 1.03 bits per heavy atom. The predicted octanol–water partition coefficient (Wildman–Crippen LogP) is 1.96. The van der Waals surface area contributed by atoms with Gasteiger partial charge >= 0.3 is 0 Å². The fraction of sp³-hybridized carbons (Fsp3) is 0.273. The van der Waals surface area contributed by atoms with E-state index in [1.807, 2.05) is 24.3 Å². The molecular formula is C22H24N4O4S. The molecule has 1 fully saturated rings. The molecule has 1 aliphatic rings. The Kier molecular flexibility index (Phi) is 6.06. The van der Waals surface area contributed by atoms with Crippen LogP contribution in [0.2, 0.25) is 0 Å². The average molecular weight is 441 g/mol. The van der Waals surface area contributed by atoms with Gasteiger partial charge in [0.15, 0.2) is 0 Å². The van der Waals surface area contributed by atoms with Crippen LogP contribution in [-0.4, -0.2) is 42.6 Å². The Morgan fingerprint density at radius 2 is 1.77 bits per heavy atom. The largest absolute Gasteiger partial charge is 0.361 e. The van der Waals surface area contributed by atoms with Gasteiger partial charge in [-0.2, -0.15) is 4.31 Å². The number of nitrogens with zero attached hydrogens (tertiary/aromatic N) is 1. The maximum Gasteiger partial charge on any atom is 0.243 e. The van der Waals surface area contributed by atoms with E-state index in [4.69, 9.17) is 0 Å². The summed E-state index contributed by atoms with van der Waals surface area (Å²) in [4.78, 5) is 28.2. The Labute approximate surface area is 180 Å². The minimum absolute atomic E-state index is 0.0847. The lowest BCUT2D eigenvalue weighted by Crippen LogP contribution is -2.50. The first kappa shape index (κ1) is 21.1. The Balaban J connectivity index is 1.33.